The van der Waals surface area contributed by atoms with E-state index in [0.717, 1.165) is 32.4 Å². The molecule has 2 aromatic carbocycles. The zero-order valence-corrected chi connectivity index (χ0v) is 15.2. The Morgan fingerprint density at radius 2 is 1.92 bits per heavy atom. The van der Waals surface area contributed by atoms with Crippen LogP contribution in [0.5, 0.6) is 0 Å². The van der Waals surface area contributed by atoms with E-state index in [4.69, 9.17) is 0 Å². The minimum Gasteiger partial charge on any atom is -0.358 e. The van der Waals surface area contributed by atoms with Gasteiger partial charge in [0.1, 0.15) is 0 Å². The summed E-state index contributed by atoms with van der Waals surface area (Å²) in [5.74, 6) is 0. The molecule has 134 valence electrons. The predicted octanol–water partition coefficient (Wildman–Crippen LogP) is 3.83. The van der Waals surface area contributed by atoms with Gasteiger partial charge < -0.3 is 15.2 Å². The first-order valence-electron chi connectivity index (χ1n) is 9.37. The Labute approximate surface area is 154 Å². The summed E-state index contributed by atoms with van der Waals surface area (Å²) in [5, 5.41) is 4.38. The molecule has 0 aliphatic carbocycles. The molecule has 3 aromatic rings. The van der Waals surface area contributed by atoms with Gasteiger partial charge in [0.25, 0.3) is 0 Å². The second-order valence-electron chi connectivity index (χ2n) is 7.09. The van der Waals surface area contributed by atoms with Gasteiger partial charge in [0.15, 0.2) is 0 Å². The van der Waals surface area contributed by atoms with Crippen LogP contribution in [0.4, 0.5) is 4.79 Å². The number of amides is 2. The first kappa shape index (κ1) is 16.7. The van der Waals surface area contributed by atoms with Gasteiger partial charge in [-0.05, 0) is 43.0 Å². The number of nitrogens with one attached hydrogen (secondary N) is 2. The van der Waals surface area contributed by atoms with Crippen molar-refractivity contribution >= 4 is 16.9 Å². The van der Waals surface area contributed by atoms with Crippen molar-refractivity contribution in [3.8, 4) is 0 Å². The number of fused-ring (bicyclic) bond motifs is 3. The van der Waals surface area contributed by atoms with Crippen molar-refractivity contribution in [1.29, 1.82) is 0 Å². The minimum atomic E-state index is 0.0478. The van der Waals surface area contributed by atoms with E-state index in [1.54, 1.807) is 0 Å². The maximum atomic E-state index is 12.5. The molecule has 0 unspecified atom stereocenters. The van der Waals surface area contributed by atoms with Gasteiger partial charge in [0, 0.05) is 42.7 Å². The standard InChI is InChI=1S/C22H25N3O/c1-16-7-8-20-19(15-16)18-10-13-25(14-11-21(18)24-20)22(26)23-12-9-17-5-3-2-4-6-17/h2-8,15,24H,9-14H2,1H3,(H,23,26). The smallest absolute Gasteiger partial charge is 0.317 e. The lowest BCUT2D eigenvalue weighted by molar-refractivity contribution is 0.200. The van der Waals surface area contributed by atoms with Crippen LogP contribution < -0.4 is 5.32 Å². The first-order chi connectivity index (χ1) is 12.7. The molecule has 1 aliphatic heterocycles. The summed E-state index contributed by atoms with van der Waals surface area (Å²) < 4.78 is 0. The van der Waals surface area contributed by atoms with Crippen molar-refractivity contribution in [2.75, 3.05) is 19.6 Å². The molecule has 2 N–H and O–H groups in total. The summed E-state index contributed by atoms with van der Waals surface area (Å²) in [4.78, 5) is 18.0. The Bertz CT molecular complexity index is 914. The van der Waals surface area contributed by atoms with E-state index in [1.807, 2.05) is 23.1 Å². The molecule has 1 aromatic heterocycles. The molecule has 0 spiro atoms. The molecule has 4 heteroatoms. The fourth-order valence-corrected chi connectivity index (χ4v) is 3.79. The van der Waals surface area contributed by atoms with E-state index in [0.29, 0.717) is 6.54 Å². The zero-order chi connectivity index (χ0) is 17.9. The van der Waals surface area contributed by atoms with Gasteiger partial charge in [-0.3, -0.25) is 0 Å². The first-order valence-corrected chi connectivity index (χ1v) is 9.37. The molecule has 0 saturated heterocycles. The van der Waals surface area contributed by atoms with Gasteiger partial charge in [-0.1, -0.05) is 42.0 Å². The van der Waals surface area contributed by atoms with Crippen molar-refractivity contribution in [3.05, 3.63) is 70.9 Å². The molecule has 26 heavy (non-hydrogen) atoms. The predicted molar refractivity (Wildman–Crippen MR) is 106 cm³/mol. The molecule has 2 amide bonds. The van der Waals surface area contributed by atoms with Gasteiger partial charge in [-0.25, -0.2) is 4.79 Å². The third kappa shape index (κ3) is 3.45. The van der Waals surface area contributed by atoms with Gasteiger partial charge in [-0.2, -0.15) is 0 Å². The number of aryl methyl sites for hydroxylation is 1. The summed E-state index contributed by atoms with van der Waals surface area (Å²) in [6, 6.07) is 16.9. The molecule has 4 rings (SSSR count). The number of urea groups is 1. The van der Waals surface area contributed by atoms with Crippen LogP contribution in [0.3, 0.4) is 0 Å². The quantitative estimate of drug-likeness (QED) is 0.743. The highest BCUT2D eigenvalue weighted by Gasteiger charge is 2.21. The Morgan fingerprint density at radius 3 is 2.77 bits per heavy atom. The molecule has 2 heterocycles. The maximum Gasteiger partial charge on any atom is 0.317 e. The molecule has 0 atom stereocenters. The largest absolute Gasteiger partial charge is 0.358 e. The third-order valence-corrected chi connectivity index (χ3v) is 5.23. The molecule has 0 fully saturated rings. The molecule has 4 nitrogen and oxygen atoms in total. The number of aromatic nitrogens is 1. The van der Waals surface area contributed by atoms with E-state index in [-0.39, 0.29) is 6.03 Å². The van der Waals surface area contributed by atoms with Crippen LogP contribution in [-0.4, -0.2) is 35.5 Å². The Balaban J connectivity index is 1.37. The maximum absolute atomic E-state index is 12.5. The molecular weight excluding hydrogens is 322 g/mol. The Hall–Kier alpha value is -2.75. The summed E-state index contributed by atoms with van der Waals surface area (Å²) in [6.45, 7) is 4.33. The van der Waals surface area contributed by atoms with E-state index in [2.05, 4.69) is 47.6 Å². The Morgan fingerprint density at radius 1 is 1.12 bits per heavy atom. The number of carbonyl (C=O) groups is 1. The van der Waals surface area contributed by atoms with Crippen LogP contribution in [0, 0.1) is 6.92 Å². The number of hydrogen-bond acceptors (Lipinski definition) is 1. The SMILES string of the molecule is Cc1ccc2[nH]c3c(c2c1)CCN(C(=O)NCCc1ccccc1)CC3. The zero-order valence-electron chi connectivity index (χ0n) is 15.2. The van der Waals surface area contributed by atoms with Crippen molar-refractivity contribution in [3.63, 3.8) is 0 Å². The molecule has 0 radical (unpaired) electrons. The molecular formula is C22H25N3O. The van der Waals surface area contributed by atoms with Crippen LogP contribution in [0.2, 0.25) is 0 Å². The van der Waals surface area contributed by atoms with Gasteiger partial charge in [0.2, 0.25) is 0 Å². The average Bonchev–Trinajstić information content (AvgIpc) is 2.85. The minimum absolute atomic E-state index is 0.0478. The second kappa shape index (κ2) is 7.24. The molecule has 0 saturated carbocycles. The highest BCUT2D eigenvalue weighted by molar-refractivity contribution is 5.85. The summed E-state index contributed by atoms with van der Waals surface area (Å²) in [7, 11) is 0. The lowest BCUT2D eigenvalue weighted by Crippen LogP contribution is -2.42. The summed E-state index contributed by atoms with van der Waals surface area (Å²) in [5.41, 5.74) is 6.40. The number of carbonyl (C=O) groups excluding carboxylic acids is 1. The van der Waals surface area contributed by atoms with Crippen LogP contribution in [0.25, 0.3) is 10.9 Å². The second-order valence-corrected chi connectivity index (χ2v) is 7.09. The monoisotopic (exact) mass is 347 g/mol. The average molecular weight is 347 g/mol. The fraction of sp³-hybridized carbons (Fsp3) is 0.318. The lowest BCUT2D eigenvalue weighted by Gasteiger charge is -2.21. The van der Waals surface area contributed by atoms with E-state index in [9.17, 15) is 4.79 Å². The van der Waals surface area contributed by atoms with Gasteiger partial charge >= 0.3 is 6.03 Å². The highest BCUT2D eigenvalue weighted by Crippen LogP contribution is 2.26. The lowest BCUT2D eigenvalue weighted by atomic mass is 10.1. The molecule has 0 bridgehead atoms. The van der Waals surface area contributed by atoms with Crippen molar-refractivity contribution in [1.82, 2.24) is 15.2 Å². The number of aromatic amines is 1. The van der Waals surface area contributed by atoms with E-state index in [1.165, 1.54) is 33.3 Å². The summed E-state index contributed by atoms with van der Waals surface area (Å²) >= 11 is 0. The number of nitrogens with zero attached hydrogens (tertiary/aromatic N) is 1. The fourth-order valence-electron chi connectivity index (χ4n) is 3.79. The normalized spacial score (nSPS) is 14.1. The number of H-pyrrole nitrogens is 1. The van der Waals surface area contributed by atoms with Crippen LogP contribution in [0.1, 0.15) is 22.4 Å². The van der Waals surface area contributed by atoms with Gasteiger partial charge in [0.05, 0.1) is 0 Å². The Kier molecular flexibility index (Phi) is 4.65. The van der Waals surface area contributed by atoms with Gasteiger partial charge in [-0.15, -0.1) is 0 Å². The van der Waals surface area contributed by atoms with Crippen molar-refractivity contribution in [2.45, 2.75) is 26.2 Å². The number of rotatable bonds is 3. The molecule has 1 aliphatic rings. The van der Waals surface area contributed by atoms with E-state index >= 15 is 0 Å². The third-order valence-electron chi connectivity index (χ3n) is 5.23. The number of hydrogen-bond donors (Lipinski definition) is 2. The number of benzene rings is 2. The van der Waals surface area contributed by atoms with E-state index < -0.39 is 0 Å². The van der Waals surface area contributed by atoms with Crippen molar-refractivity contribution in [2.24, 2.45) is 0 Å². The van der Waals surface area contributed by atoms with Crippen molar-refractivity contribution < 1.29 is 4.79 Å². The van der Waals surface area contributed by atoms with Crippen LogP contribution >= 0.6 is 0 Å². The van der Waals surface area contributed by atoms with Crippen LogP contribution in [0.15, 0.2) is 48.5 Å². The summed E-state index contributed by atoms with van der Waals surface area (Å²) in [6.07, 6.45) is 2.66. The van der Waals surface area contributed by atoms with Crippen LogP contribution in [-0.2, 0) is 19.3 Å². The topological polar surface area (TPSA) is 48.1 Å². The highest BCUT2D eigenvalue weighted by atomic mass is 16.2.